The molecule has 0 aliphatic carbocycles. The zero-order valence-corrected chi connectivity index (χ0v) is 13.3. The zero-order valence-electron chi connectivity index (χ0n) is 8.55. The van der Waals surface area contributed by atoms with E-state index in [1.54, 1.807) is 0 Å². The fourth-order valence-electron chi connectivity index (χ4n) is 1.27. The minimum absolute atomic E-state index is 0.508. The molecule has 0 unspecified atom stereocenters. The van der Waals surface area contributed by atoms with E-state index in [4.69, 9.17) is 0 Å². The molecule has 0 N–H and O–H groups in total. The Hall–Kier alpha value is 0.0700. The number of hydrogen-bond acceptors (Lipinski definition) is 1. The van der Waals surface area contributed by atoms with Crippen LogP contribution in [-0.4, -0.2) is 6.29 Å². The van der Waals surface area contributed by atoms with Crippen LogP contribution in [0.5, 0.6) is 0 Å². The topological polar surface area (TPSA) is 17.1 Å². The molecule has 1 rings (SSSR count). The molecular formula is C12H11Br3O. The molecule has 0 fully saturated rings. The number of carbonyl (C=O) groups is 1. The second-order valence-corrected chi connectivity index (χ2v) is 5.79. The van der Waals surface area contributed by atoms with Crippen molar-refractivity contribution < 1.29 is 4.79 Å². The van der Waals surface area contributed by atoms with Gasteiger partial charge in [-0.05, 0) is 78.3 Å². The lowest BCUT2D eigenvalue weighted by Gasteiger charge is -2.04. The zero-order chi connectivity index (χ0) is 12.0. The van der Waals surface area contributed by atoms with Gasteiger partial charge < -0.3 is 4.79 Å². The third kappa shape index (κ3) is 4.52. The van der Waals surface area contributed by atoms with Gasteiger partial charge in [-0.2, -0.15) is 0 Å². The average molecular weight is 411 g/mol. The number of hydrogen-bond donors (Lipinski definition) is 0. The molecule has 0 aromatic heterocycles. The van der Waals surface area contributed by atoms with Gasteiger partial charge in [0.2, 0.25) is 0 Å². The SMILES string of the molecule is O=CCC=CCCc1cc(Br)c(Br)c(Br)c1. The lowest BCUT2D eigenvalue weighted by atomic mass is 10.1. The van der Waals surface area contributed by atoms with E-state index in [9.17, 15) is 4.79 Å². The van der Waals surface area contributed by atoms with E-state index in [1.807, 2.05) is 12.2 Å². The number of carbonyl (C=O) groups excluding carboxylic acids is 1. The smallest absolute Gasteiger partial charge is 0.123 e. The molecule has 0 aliphatic rings. The number of aldehydes is 1. The summed E-state index contributed by atoms with van der Waals surface area (Å²) < 4.78 is 3.13. The lowest BCUT2D eigenvalue weighted by Crippen LogP contribution is -1.85. The number of allylic oxidation sites excluding steroid dienone is 2. The Labute approximate surface area is 121 Å². The normalized spacial score (nSPS) is 10.9. The molecule has 86 valence electrons. The van der Waals surface area contributed by atoms with Crippen molar-refractivity contribution in [1.29, 1.82) is 0 Å². The molecule has 0 saturated carbocycles. The molecule has 1 aromatic carbocycles. The van der Waals surface area contributed by atoms with Crippen molar-refractivity contribution >= 4 is 54.1 Å². The summed E-state index contributed by atoms with van der Waals surface area (Å²) in [7, 11) is 0. The van der Waals surface area contributed by atoms with E-state index in [1.165, 1.54) is 5.56 Å². The van der Waals surface area contributed by atoms with Crippen LogP contribution in [-0.2, 0) is 11.2 Å². The molecule has 0 bridgehead atoms. The highest BCUT2D eigenvalue weighted by Crippen LogP contribution is 2.32. The molecule has 0 atom stereocenters. The van der Waals surface area contributed by atoms with Gasteiger partial charge in [0, 0.05) is 19.8 Å². The first-order chi connectivity index (χ1) is 7.65. The lowest BCUT2D eigenvalue weighted by molar-refractivity contribution is -0.107. The van der Waals surface area contributed by atoms with Crippen LogP contribution in [0.15, 0.2) is 37.7 Å². The van der Waals surface area contributed by atoms with Gasteiger partial charge in [0.25, 0.3) is 0 Å². The monoisotopic (exact) mass is 408 g/mol. The van der Waals surface area contributed by atoms with Crippen molar-refractivity contribution in [2.75, 3.05) is 0 Å². The van der Waals surface area contributed by atoms with Crippen molar-refractivity contribution in [3.63, 3.8) is 0 Å². The number of benzene rings is 1. The van der Waals surface area contributed by atoms with E-state index in [0.29, 0.717) is 6.42 Å². The molecule has 16 heavy (non-hydrogen) atoms. The molecule has 0 heterocycles. The molecule has 0 aliphatic heterocycles. The molecule has 1 aromatic rings. The van der Waals surface area contributed by atoms with E-state index < -0.39 is 0 Å². The fraction of sp³-hybridized carbons (Fsp3) is 0.250. The highest BCUT2D eigenvalue weighted by atomic mass is 79.9. The van der Waals surface area contributed by atoms with Crippen LogP contribution in [0.1, 0.15) is 18.4 Å². The third-order valence-electron chi connectivity index (χ3n) is 2.04. The first-order valence-corrected chi connectivity index (χ1v) is 7.25. The number of aryl methyl sites for hydroxylation is 1. The predicted molar refractivity (Wildman–Crippen MR) is 77.7 cm³/mol. The van der Waals surface area contributed by atoms with Gasteiger partial charge in [-0.1, -0.05) is 12.2 Å². The Morgan fingerprint density at radius 1 is 1.06 bits per heavy atom. The van der Waals surface area contributed by atoms with Gasteiger partial charge in [0.05, 0.1) is 0 Å². The van der Waals surface area contributed by atoms with Crippen LogP contribution >= 0.6 is 47.8 Å². The van der Waals surface area contributed by atoms with Crippen molar-refractivity contribution in [3.8, 4) is 0 Å². The first-order valence-electron chi connectivity index (χ1n) is 4.87. The number of halogens is 3. The summed E-state index contributed by atoms with van der Waals surface area (Å²) in [5.74, 6) is 0. The minimum atomic E-state index is 0.508. The van der Waals surface area contributed by atoms with E-state index in [-0.39, 0.29) is 0 Å². The van der Waals surface area contributed by atoms with Crippen LogP contribution < -0.4 is 0 Å². The second-order valence-electron chi connectivity index (χ2n) is 3.29. The van der Waals surface area contributed by atoms with Crippen molar-refractivity contribution in [2.45, 2.75) is 19.3 Å². The van der Waals surface area contributed by atoms with Gasteiger partial charge in [0.1, 0.15) is 6.29 Å². The Morgan fingerprint density at radius 2 is 1.69 bits per heavy atom. The molecule has 4 heteroatoms. The maximum atomic E-state index is 10.1. The highest BCUT2D eigenvalue weighted by molar-refractivity contribution is 9.14. The Balaban J connectivity index is 2.58. The Bertz CT molecular complexity index is 376. The molecule has 1 nitrogen and oxygen atoms in total. The van der Waals surface area contributed by atoms with Crippen LogP contribution in [0.2, 0.25) is 0 Å². The van der Waals surface area contributed by atoms with E-state index in [0.717, 1.165) is 32.5 Å². The maximum absolute atomic E-state index is 10.1. The summed E-state index contributed by atoms with van der Waals surface area (Å²) in [5, 5.41) is 0. The Kier molecular flexibility index (Phi) is 6.54. The van der Waals surface area contributed by atoms with Gasteiger partial charge >= 0.3 is 0 Å². The van der Waals surface area contributed by atoms with Gasteiger partial charge in [-0.3, -0.25) is 0 Å². The second kappa shape index (κ2) is 7.41. The summed E-state index contributed by atoms with van der Waals surface area (Å²) in [6.45, 7) is 0. The van der Waals surface area contributed by atoms with Crippen LogP contribution in [0.3, 0.4) is 0 Å². The van der Waals surface area contributed by atoms with Crippen LogP contribution in [0.25, 0.3) is 0 Å². The first kappa shape index (κ1) is 14.1. The van der Waals surface area contributed by atoms with Gasteiger partial charge in [-0.15, -0.1) is 0 Å². The van der Waals surface area contributed by atoms with Gasteiger partial charge in [0.15, 0.2) is 0 Å². The predicted octanol–water partition coefficient (Wildman–Crippen LogP) is 5.05. The van der Waals surface area contributed by atoms with Crippen molar-refractivity contribution in [1.82, 2.24) is 0 Å². The summed E-state index contributed by atoms with van der Waals surface area (Å²) in [6, 6.07) is 4.20. The third-order valence-corrected chi connectivity index (χ3v) is 5.21. The molecule has 0 amide bonds. The van der Waals surface area contributed by atoms with E-state index >= 15 is 0 Å². The Morgan fingerprint density at radius 3 is 2.25 bits per heavy atom. The highest BCUT2D eigenvalue weighted by Gasteiger charge is 2.03. The van der Waals surface area contributed by atoms with Crippen molar-refractivity contribution in [2.24, 2.45) is 0 Å². The molecule has 0 radical (unpaired) electrons. The number of rotatable bonds is 5. The molecule has 0 saturated heterocycles. The standard InChI is InChI=1S/C12H11Br3O/c13-10-7-9(8-11(14)12(10)15)5-3-1-2-4-6-16/h1-2,6-8H,3-5H2. The quantitative estimate of drug-likeness (QED) is 0.377. The minimum Gasteiger partial charge on any atom is -0.303 e. The fourth-order valence-corrected chi connectivity index (χ4v) is 2.78. The van der Waals surface area contributed by atoms with Gasteiger partial charge in [-0.25, -0.2) is 0 Å². The summed E-state index contributed by atoms with van der Waals surface area (Å²) in [4.78, 5) is 10.1. The maximum Gasteiger partial charge on any atom is 0.123 e. The van der Waals surface area contributed by atoms with E-state index in [2.05, 4.69) is 59.9 Å². The summed E-state index contributed by atoms with van der Waals surface area (Å²) in [6.07, 6.45) is 7.28. The van der Waals surface area contributed by atoms with Crippen LogP contribution in [0, 0.1) is 0 Å². The van der Waals surface area contributed by atoms with Crippen LogP contribution in [0.4, 0.5) is 0 Å². The van der Waals surface area contributed by atoms with Crippen molar-refractivity contribution in [3.05, 3.63) is 43.3 Å². The summed E-state index contributed by atoms with van der Waals surface area (Å²) in [5.41, 5.74) is 1.26. The summed E-state index contributed by atoms with van der Waals surface area (Å²) >= 11 is 10.4. The largest absolute Gasteiger partial charge is 0.303 e. The molecular weight excluding hydrogens is 400 g/mol. The average Bonchev–Trinajstić information content (AvgIpc) is 2.25. The molecule has 0 spiro atoms.